The Morgan fingerprint density at radius 2 is 1.38 bits per heavy atom. The fraction of sp³-hybridized carbons (Fsp3) is 0. The zero-order valence-electron chi connectivity index (χ0n) is 13.8. The third-order valence-electron chi connectivity index (χ3n) is 4.93. The Hall–Kier alpha value is -3.24. The van der Waals surface area contributed by atoms with E-state index in [1.807, 2.05) is 0 Å². The van der Waals surface area contributed by atoms with E-state index in [1.54, 1.807) is 23.7 Å². The van der Waals surface area contributed by atoms with E-state index in [4.69, 9.17) is 0 Å². The topological polar surface area (TPSA) is 30.7 Å². The van der Waals surface area contributed by atoms with Crippen LogP contribution in [-0.2, 0) is 0 Å². The SMILES string of the molecule is c1ccc2c(c1)c1ccccc1n2-c1ccc2c(c1)sc1nccnc12. The number of hydrogen-bond acceptors (Lipinski definition) is 3. The van der Waals surface area contributed by atoms with Gasteiger partial charge in [0.25, 0.3) is 0 Å². The van der Waals surface area contributed by atoms with Crippen molar-refractivity contribution in [2.75, 3.05) is 0 Å². The van der Waals surface area contributed by atoms with Crippen LogP contribution in [0.25, 0.3) is 47.9 Å². The minimum atomic E-state index is 0.987. The molecular weight excluding hydrogens is 338 g/mol. The molecule has 6 rings (SSSR count). The van der Waals surface area contributed by atoms with E-state index < -0.39 is 0 Å². The lowest BCUT2D eigenvalue weighted by Gasteiger charge is -2.07. The molecule has 26 heavy (non-hydrogen) atoms. The third kappa shape index (κ3) is 1.82. The summed E-state index contributed by atoms with van der Waals surface area (Å²) in [6, 6.07) is 23.8. The Labute approximate surface area is 153 Å². The van der Waals surface area contributed by atoms with Crippen LogP contribution in [0, 0.1) is 0 Å². The number of aromatic nitrogens is 3. The molecule has 6 aromatic rings. The van der Waals surface area contributed by atoms with Crippen molar-refractivity contribution in [3.63, 3.8) is 0 Å². The fourth-order valence-electron chi connectivity index (χ4n) is 3.82. The van der Waals surface area contributed by atoms with Gasteiger partial charge in [0.05, 0.1) is 11.0 Å². The molecule has 0 bridgehead atoms. The summed E-state index contributed by atoms with van der Waals surface area (Å²) in [5.41, 5.74) is 4.61. The van der Waals surface area contributed by atoms with Crippen LogP contribution in [0.1, 0.15) is 0 Å². The number of thiophene rings is 1. The lowest BCUT2D eigenvalue weighted by molar-refractivity contribution is 1.19. The van der Waals surface area contributed by atoms with Gasteiger partial charge in [-0.15, -0.1) is 11.3 Å². The van der Waals surface area contributed by atoms with Crippen molar-refractivity contribution >= 4 is 53.6 Å². The molecule has 0 radical (unpaired) electrons. The molecule has 0 amide bonds. The number of benzene rings is 3. The number of rotatable bonds is 1. The second-order valence-corrected chi connectivity index (χ2v) is 7.39. The molecule has 4 heteroatoms. The van der Waals surface area contributed by atoms with Gasteiger partial charge in [0.15, 0.2) is 0 Å². The molecule has 0 spiro atoms. The van der Waals surface area contributed by atoms with Gasteiger partial charge in [0.2, 0.25) is 0 Å². The highest BCUT2D eigenvalue weighted by atomic mass is 32.1. The minimum Gasteiger partial charge on any atom is -0.309 e. The van der Waals surface area contributed by atoms with Gasteiger partial charge in [-0.05, 0) is 30.3 Å². The van der Waals surface area contributed by atoms with E-state index in [0.717, 1.165) is 10.3 Å². The zero-order chi connectivity index (χ0) is 17.1. The highest BCUT2D eigenvalue weighted by molar-refractivity contribution is 7.25. The van der Waals surface area contributed by atoms with Crippen LogP contribution in [0.3, 0.4) is 0 Å². The van der Waals surface area contributed by atoms with Gasteiger partial charge in [0, 0.05) is 38.9 Å². The normalized spacial score (nSPS) is 11.8. The average Bonchev–Trinajstić information content (AvgIpc) is 3.23. The maximum atomic E-state index is 4.50. The van der Waals surface area contributed by atoms with Crippen molar-refractivity contribution < 1.29 is 0 Å². The predicted molar refractivity (Wildman–Crippen MR) is 109 cm³/mol. The van der Waals surface area contributed by atoms with Gasteiger partial charge in [-0.1, -0.05) is 36.4 Å². The first kappa shape index (κ1) is 14.0. The Balaban J connectivity index is 1.73. The quantitative estimate of drug-likeness (QED) is 0.367. The molecule has 3 aromatic heterocycles. The van der Waals surface area contributed by atoms with Crippen molar-refractivity contribution in [1.29, 1.82) is 0 Å². The Morgan fingerprint density at radius 3 is 2.15 bits per heavy atom. The second kappa shape index (κ2) is 5.13. The monoisotopic (exact) mass is 351 g/mol. The van der Waals surface area contributed by atoms with Gasteiger partial charge < -0.3 is 4.57 Å². The van der Waals surface area contributed by atoms with Crippen LogP contribution in [0.15, 0.2) is 79.1 Å². The molecule has 3 aromatic carbocycles. The molecule has 0 N–H and O–H groups in total. The van der Waals surface area contributed by atoms with Crippen LogP contribution < -0.4 is 0 Å². The van der Waals surface area contributed by atoms with Crippen LogP contribution in [-0.4, -0.2) is 14.5 Å². The standard InChI is InChI=1S/C22H13N3S/c1-3-7-18-15(5-1)16-6-2-4-8-19(16)25(18)14-9-10-17-20(13-14)26-22-21(17)23-11-12-24-22/h1-13H. The van der Waals surface area contributed by atoms with E-state index in [-0.39, 0.29) is 0 Å². The van der Waals surface area contributed by atoms with Gasteiger partial charge >= 0.3 is 0 Å². The first-order valence-electron chi connectivity index (χ1n) is 8.52. The molecule has 0 aliphatic rings. The summed E-state index contributed by atoms with van der Waals surface area (Å²) in [6.45, 7) is 0. The summed E-state index contributed by atoms with van der Waals surface area (Å²) < 4.78 is 3.56. The smallest absolute Gasteiger partial charge is 0.143 e. The lowest BCUT2D eigenvalue weighted by atomic mass is 10.2. The molecule has 122 valence electrons. The van der Waals surface area contributed by atoms with Gasteiger partial charge in [-0.2, -0.15) is 0 Å². The summed E-state index contributed by atoms with van der Waals surface area (Å²) in [6.07, 6.45) is 3.51. The highest BCUT2D eigenvalue weighted by Crippen LogP contribution is 2.36. The van der Waals surface area contributed by atoms with E-state index in [9.17, 15) is 0 Å². The van der Waals surface area contributed by atoms with E-state index in [1.165, 1.54) is 37.6 Å². The number of para-hydroxylation sites is 2. The van der Waals surface area contributed by atoms with Crippen molar-refractivity contribution in [2.24, 2.45) is 0 Å². The van der Waals surface area contributed by atoms with Gasteiger partial charge in [0.1, 0.15) is 10.3 Å². The summed E-state index contributed by atoms with van der Waals surface area (Å²) in [5.74, 6) is 0. The Morgan fingerprint density at radius 1 is 0.692 bits per heavy atom. The molecule has 0 atom stereocenters. The number of fused-ring (bicyclic) bond motifs is 6. The van der Waals surface area contributed by atoms with Gasteiger partial charge in [-0.25, -0.2) is 4.98 Å². The molecule has 3 heterocycles. The zero-order valence-corrected chi connectivity index (χ0v) is 14.6. The lowest BCUT2D eigenvalue weighted by Crippen LogP contribution is -1.92. The fourth-order valence-corrected chi connectivity index (χ4v) is 4.86. The maximum Gasteiger partial charge on any atom is 0.143 e. The molecule has 3 nitrogen and oxygen atoms in total. The van der Waals surface area contributed by atoms with Crippen molar-refractivity contribution in [3.05, 3.63) is 79.1 Å². The van der Waals surface area contributed by atoms with E-state index in [2.05, 4.69) is 81.3 Å². The van der Waals surface area contributed by atoms with Crippen LogP contribution in [0.2, 0.25) is 0 Å². The highest BCUT2D eigenvalue weighted by Gasteiger charge is 2.13. The summed E-state index contributed by atoms with van der Waals surface area (Å²) in [5, 5.41) is 3.73. The Bertz CT molecular complexity index is 1390. The van der Waals surface area contributed by atoms with Gasteiger partial charge in [-0.3, -0.25) is 4.98 Å². The molecule has 0 fully saturated rings. The maximum absolute atomic E-state index is 4.50. The molecule has 0 unspecified atom stereocenters. The van der Waals surface area contributed by atoms with Crippen LogP contribution >= 0.6 is 11.3 Å². The molecule has 0 saturated heterocycles. The summed E-state index contributed by atoms with van der Waals surface area (Å²) in [7, 11) is 0. The largest absolute Gasteiger partial charge is 0.309 e. The van der Waals surface area contributed by atoms with Crippen molar-refractivity contribution in [3.8, 4) is 5.69 Å². The summed E-state index contributed by atoms with van der Waals surface area (Å²) >= 11 is 1.70. The van der Waals surface area contributed by atoms with Crippen molar-refractivity contribution in [1.82, 2.24) is 14.5 Å². The number of nitrogens with zero attached hydrogens (tertiary/aromatic N) is 3. The average molecular weight is 351 g/mol. The predicted octanol–water partition coefficient (Wildman–Crippen LogP) is 5.94. The molecule has 0 aliphatic carbocycles. The van der Waals surface area contributed by atoms with E-state index >= 15 is 0 Å². The summed E-state index contributed by atoms with van der Waals surface area (Å²) in [4.78, 5) is 9.95. The minimum absolute atomic E-state index is 0.987. The molecular formula is C22H13N3S. The van der Waals surface area contributed by atoms with Crippen LogP contribution in [0.5, 0.6) is 0 Å². The van der Waals surface area contributed by atoms with E-state index in [0.29, 0.717) is 0 Å². The van der Waals surface area contributed by atoms with Crippen LogP contribution in [0.4, 0.5) is 0 Å². The number of hydrogen-bond donors (Lipinski definition) is 0. The first-order chi connectivity index (χ1) is 12.9. The molecule has 0 saturated carbocycles. The van der Waals surface area contributed by atoms with Crippen molar-refractivity contribution in [2.45, 2.75) is 0 Å². The first-order valence-corrected chi connectivity index (χ1v) is 9.34. The Kier molecular flexibility index (Phi) is 2.76. The molecule has 0 aliphatic heterocycles. The second-order valence-electron chi connectivity index (χ2n) is 6.36. The third-order valence-corrected chi connectivity index (χ3v) is 5.98.